The van der Waals surface area contributed by atoms with Crippen LogP contribution in [0.5, 0.6) is 0 Å². The number of anilines is 8. The van der Waals surface area contributed by atoms with Crippen molar-refractivity contribution in [2.45, 2.75) is 191 Å². The second-order valence-corrected chi connectivity index (χ2v) is 39.0. The maximum atomic E-state index is 5.76. The van der Waals surface area contributed by atoms with E-state index in [0.717, 1.165) is 40.3 Å². The standard InChI is InChI=1S/C24H32N3P.C21H26N3P.C20H24N3P.C15H22N3P.C10H17N2O2P/c1-16(2)18(5)26-24-23(20-14-10-11-15-21(20)25(24)6)27(28-26)22(17(3)4)19-12-8-7-9-13-19;1-15(2)23-21-20(18-12-8-9-13-19(18)22(21)4)24(25-23)16(3)14-17-10-6-5-7-11-17;1-14(2)22-20-19(17-12-8-9-13-18(17)21(20)4)23(24-22)15(3)16-10-6-5-7-11-16;1-10(2)17-14-12-8-6-7-9-13(12)16(5)15(14)18(19-17)11(3)4;1-6(2)8-5-14-10-9-11(15-12(8)10)7(3)4-13-9/h7-18,22,28H,1-6H3;5-13,15-16,25H,14H2,1-4H3;5-15,24H,1-4H3;6-11,19H,1-5H3;6-8,15H,4-5H2,1-3H3/t18-,22+;16-;15-;;7-,8+/m100.0/s1. The topological polar surface area (TPSA) is 70.6 Å². The summed E-state index contributed by atoms with van der Waals surface area (Å²) in [4.78, 5) is 0. The quantitative estimate of drug-likeness (QED) is 0.0918. The molecule has 11 heterocycles. The maximum Gasteiger partial charge on any atom is 0.257 e. The van der Waals surface area contributed by atoms with E-state index in [1.165, 1.54) is 106 Å². The van der Waals surface area contributed by atoms with Crippen LogP contribution in [0, 0.1) is 17.8 Å². The number of hydrogen-bond donors (Lipinski definition) is 0. The molecule has 5 unspecified atom stereocenters. The van der Waals surface area contributed by atoms with Gasteiger partial charge in [-0.1, -0.05) is 205 Å². The fourth-order valence-corrected chi connectivity index (χ4v) is 24.5. The molecule has 588 valence electrons. The van der Waals surface area contributed by atoms with E-state index in [4.69, 9.17) is 9.47 Å². The molecule has 0 amide bonds. The molecule has 0 spiro atoms. The lowest BCUT2D eigenvalue weighted by molar-refractivity contribution is 0.188. The summed E-state index contributed by atoms with van der Waals surface area (Å²) < 4.78 is 46.3. The molecule has 7 aromatic carbocycles. The van der Waals surface area contributed by atoms with E-state index in [-0.39, 0.29) is 0 Å². The van der Waals surface area contributed by atoms with Crippen molar-refractivity contribution in [3.8, 4) is 0 Å². The van der Waals surface area contributed by atoms with Crippen molar-refractivity contribution in [1.82, 2.24) is 27.6 Å². The summed E-state index contributed by atoms with van der Waals surface area (Å²) in [6, 6.07) is 72.6. The minimum absolute atomic E-state index is 0.359. The average molecular weight is 1590 g/mol. The van der Waals surface area contributed by atoms with Crippen molar-refractivity contribution >= 4 is 134 Å². The molecule has 2 fully saturated rings. The molecule has 0 aliphatic carbocycles. The minimum atomic E-state index is 0.359. The van der Waals surface area contributed by atoms with Gasteiger partial charge in [0.2, 0.25) is 0 Å². The first-order valence-electron chi connectivity index (χ1n) is 40.5. The van der Waals surface area contributed by atoms with Crippen molar-refractivity contribution in [3.63, 3.8) is 0 Å². The third-order valence-electron chi connectivity index (χ3n) is 23.1. The number of aromatic nitrogens is 4. The molecule has 7 aliphatic rings. The van der Waals surface area contributed by atoms with Crippen molar-refractivity contribution < 1.29 is 9.47 Å². The van der Waals surface area contributed by atoms with Gasteiger partial charge in [-0.15, -0.1) is 0 Å². The predicted molar refractivity (Wildman–Crippen MR) is 487 cm³/mol. The first-order valence-corrected chi connectivity index (χ1v) is 44.9. The monoisotopic (exact) mass is 1580 g/mol. The highest BCUT2D eigenvalue weighted by Gasteiger charge is 2.48. The van der Waals surface area contributed by atoms with Crippen LogP contribution in [-0.2, 0) is 44.1 Å². The number of hydrogen-bond acceptors (Lipinski definition) is 12. The molecular formula is C90H121N14O2P5. The van der Waals surface area contributed by atoms with Crippen LogP contribution >= 0.6 is 44.4 Å². The lowest BCUT2D eigenvalue weighted by atomic mass is 9.95. The van der Waals surface area contributed by atoms with Crippen LogP contribution in [0.2, 0.25) is 0 Å². The number of ether oxygens (including phenoxy) is 2. The van der Waals surface area contributed by atoms with Gasteiger partial charge in [-0.3, -0.25) is 9.34 Å². The van der Waals surface area contributed by atoms with Crippen molar-refractivity contribution in [2.75, 3.05) is 50.6 Å². The Hall–Kier alpha value is -7.81. The van der Waals surface area contributed by atoms with Gasteiger partial charge in [0.05, 0.1) is 113 Å². The number of nitrogens with zero attached hydrogens (tertiary/aromatic N) is 14. The Labute approximate surface area is 671 Å². The Morgan fingerprint density at radius 2 is 0.694 bits per heavy atom. The zero-order valence-electron chi connectivity index (χ0n) is 69.6. The lowest BCUT2D eigenvalue weighted by Crippen LogP contribution is -2.32. The predicted octanol–water partition coefficient (Wildman–Crippen LogP) is 23.4. The third-order valence-corrected chi connectivity index (χ3v) is 31.8. The summed E-state index contributed by atoms with van der Waals surface area (Å²) in [5.41, 5.74) is 15.1. The SMILES string of the molecule is CC(C)N1PN(C(C)C)c2c1c1ccccc1n2C.CC(C)N1PN([C@@H](C)Cc2ccccc2)c2c1n(C)c1ccccc21.CC(C)N1PN([C@@H](C)c2ccccc2)c2c1n(C)c1ccccc21.CC(C)[C@@H](C)N1PN([C@H](c2ccccc2)C(C)C)c2c1n(C)c1ccccc21.CC(C)[C@H]1COC2=C3OC[C@H](C)N3PN21. The minimum Gasteiger partial charge on any atom is -0.473 e. The molecule has 21 heteroatoms. The van der Waals surface area contributed by atoms with E-state index >= 15 is 0 Å². The molecule has 16 nitrogen and oxygen atoms in total. The van der Waals surface area contributed by atoms with Crippen LogP contribution in [0.3, 0.4) is 0 Å². The van der Waals surface area contributed by atoms with Crippen molar-refractivity contribution in [3.05, 3.63) is 217 Å². The molecule has 0 radical (unpaired) electrons. The Bertz CT molecular complexity index is 5070. The number of rotatable bonds is 15. The van der Waals surface area contributed by atoms with E-state index in [0.29, 0.717) is 114 Å². The Balaban J connectivity index is 0.000000117. The molecule has 0 saturated carbocycles. The highest BCUT2D eigenvalue weighted by molar-refractivity contribution is 7.44. The summed E-state index contributed by atoms with van der Waals surface area (Å²) in [6.07, 6.45) is 1.07. The van der Waals surface area contributed by atoms with E-state index in [2.05, 4.69) is 406 Å². The van der Waals surface area contributed by atoms with Gasteiger partial charge >= 0.3 is 0 Å². The smallest absolute Gasteiger partial charge is 0.257 e. The summed E-state index contributed by atoms with van der Waals surface area (Å²) in [5, 5.41) is 5.47. The first kappa shape index (κ1) is 79.8. The van der Waals surface area contributed by atoms with E-state index in [1.54, 1.807) is 0 Å². The van der Waals surface area contributed by atoms with Gasteiger partial charge < -0.3 is 65.1 Å². The highest BCUT2D eigenvalue weighted by Crippen LogP contribution is 2.62. The van der Waals surface area contributed by atoms with Gasteiger partial charge in [-0.25, -0.2) is 0 Å². The molecule has 11 aromatic rings. The summed E-state index contributed by atoms with van der Waals surface area (Å²) in [6.45, 7) is 43.0. The Kier molecular flexibility index (Phi) is 24.0. The van der Waals surface area contributed by atoms with E-state index in [9.17, 15) is 0 Å². The number of aryl methyl sites for hydroxylation is 4. The molecule has 4 aromatic heterocycles. The van der Waals surface area contributed by atoms with Crippen LogP contribution in [0.1, 0.15) is 153 Å². The lowest BCUT2D eigenvalue weighted by Gasteiger charge is -2.35. The highest BCUT2D eigenvalue weighted by atomic mass is 31.1. The molecule has 18 rings (SSSR count). The molecule has 111 heavy (non-hydrogen) atoms. The largest absolute Gasteiger partial charge is 0.473 e. The number of fused-ring (bicyclic) bond motifs is 14. The molecule has 2 saturated heterocycles. The van der Waals surface area contributed by atoms with Crippen LogP contribution in [0.15, 0.2) is 200 Å². The van der Waals surface area contributed by atoms with E-state index < -0.39 is 0 Å². The zero-order chi connectivity index (χ0) is 78.7. The second kappa shape index (κ2) is 33.3. The van der Waals surface area contributed by atoms with Crippen LogP contribution in [0.25, 0.3) is 43.6 Å². The van der Waals surface area contributed by atoms with Gasteiger partial charge in [-0.2, -0.15) is 0 Å². The maximum absolute atomic E-state index is 5.76. The molecular weight excluding hydrogens is 1460 g/mol. The van der Waals surface area contributed by atoms with Gasteiger partial charge in [-0.05, 0) is 148 Å². The summed E-state index contributed by atoms with van der Waals surface area (Å²) in [7, 11) is 12.1. The van der Waals surface area contributed by atoms with Gasteiger partial charge in [0, 0.05) is 86.0 Å². The molecule has 0 N–H and O–H groups in total. The second-order valence-electron chi connectivity index (χ2n) is 33.2. The zero-order valence-corrected chi connectivity index (χ0v) is 74.6. The molecule has 0 bridgehead atoms. The first-order chi connectivity index (χ1) is 53.3. The normalized spacial score (nSPS) is 19.0. The van der Waals surface area contributed by atoms with E-state index in [1.807, 2.05) is 0 Å². The number of para-hydroxylation sites is 4. The summed E-state index contributed by atoms with van der Waals surface area (Å²) in [5.74, 6) is 9.20. The number of benzene rings is 7. The fourth-order valence-electron chi connectivity index (χ4n) is 16.8. The van der Waals surface area contributed by atoms with Gasteiger partial charge in [0.1, 0.15) is 36.5 Å². The fraction of sp³-hybridized carbons (Fsp3) is 0.422. The summed E-state index contributed by atoms with van der Waals surface area (Å²) >= 11 is 0. The van der Waals surface area contributed by atoms with Crippen molar-refractivity contribution in [1.29, 1.82) is 0 Å². The van der Waals surface area contributed by atoms with Crippen molar-refractivity contribution in [2.24, 2.45) is 45.9 Å². The average Bonchev–Trinajstić information content (AvgIpc) is 1.59. The van der Waals surface area contributed by atoms with Crippen LogP contribution < -0.4 is 37.4 Å². The van der Waals surface area contributed by atoms with Crippen LogP contribution in [0.4, 0.5) is 46.0 Å². The van der Waals surface area contributed by atoms with Gasteiger partial charge in [0.25, 0.3) is 11.8 Å². The Morgan fingerprint density at radius 3 is 1.13 bits per heavy atom. The Morgan fingerprint density at radius 1 is 0.342 bits per heavy atom. The third kappa shape index (κ3) is 14.9. The van der Waals surface area contributed by atoms with Gasteiger partial charge in [0.15, 0.2) is 0 Å². The molecule has 11 atom stereocenters. The molecule has 7 aliphatic heterocycles. The van der Waals surface area contributed by atoms with Crippen LogP contribution in [-0.4, -0.2) is 89.2 Å².